The van der Waals surface area contributed by atoms with Crippen LogP contribution in [0.15, 0.2) is 47.1 Å². The Bertz CT molecular complexity index is 1110. The van der Waals surface area contributed by atoms with Gasteiger partial charge in [0.15, 0.2) is 11.5 Å². The van der Waals surface area contributed by atoms with Crippen molar-refractivity contribution < 1.29 is 27.1 Å². The zero-order chi connectivity index (χ0) is 23.8. The summed E-state index contributed by atoms with van der Waals surface area (Å²) in [6.45, 7) is 5.77. The van der Waals surface area contributed by atoms with Crippen LogP contribution in [0.3, 0.4) is 0 Å². The number of fused-ring (bicyclic) bond motifs is 1. The molecule has 0 radical (unpaired) electrons. The molecular weight excluding hydrogens is 433 g/mol. The van der Waals surface area contributed by atoms with Crippen LogP contribution in [0, 0.1) is 5.92 Å². The number of hydrogen-bond donors (Lipinski definition) is 0. The molecule has 176 valence electrons. The summed E-state index contributed by atoms with van der Waals surface area (Å²) < 4.78 is 55.1. The van der Waals surface area contributed by atoms with Gasteiger partial charge in [-0.1, -0.05) is 13.8 Å². The molecule has 1 aliphatic heterocycles. The number of nitrogens with zero attached hydrogens (tertiary/aromatic N) is 2. The van der Waals surface area contributed by atoms with Gasteiger partial charge >= 0.3 is 6.18 Å². The second kappa shape index (κ2) is 9.09. The lowest BCUT2D eigenvalue weighted by Gasteiger charge is -2.39. The van der Waals surface area contributed by atoms with Crippen LogP contribution < -0.4 is 9.47 Å². The third-order valence-electron chi connectivity index (χ3n) is 6.03. The number of methoxy groups -OCH3 is 2. The maximum Gasteiger partial charge on any atom is 0.416 e. The zero-order valence-corrected chi connectivity index (χ0v) is 19.1. The van der Waals surface area contributed by atoms with Crippen LogP contribution in [-0.2, 0) is 19.1 Å². The van der Waals surface area contributed by atoms with Gasteiger partial charge < -0.3 is 13.9 Å². The Hall–Kier alpha value is -3.00. The number of benzene rings is 2. The summed E-state index contributed by atoms with van der Waals surface area (Å²) in [6, 6.07) is 9.10. The van der Waals surface area contributed by atoms with Gasteiger partial charge in [-0.3, -0.25) is 4.90 Å². The summed E-state index contributed by atoms with van der Waals surface area (Å²) in [5, 5.41) is 0. The van der Waals surface area contributed by atoms with E-state index in [0.29, 0.717) is 29.7 Å². The topological polar surface area (TPSA) is 47.7 Å². The summed E-state index contributed by atoms with van der Waals surface area (Å²) in [4.78, 5) is 6.90. The summed E-state index contributed by atoms with van der Waals surface area (Å²) in [5.41, 5.74) is 3.00. The predicted molar refractivity (Wildman–Crippen MR) is 118 cm³/mol. The van der Waals surface area contributed by atoms with Gasteiger partial charge in [-0.2, -0.15) is 13.2 Å². The first-order valence-corrected chi connectivity index (χ1v) is 10.8. The van der Waals surface area contributed by atoms with Crippen LogP contribution in [0.2, 0.25) is 0 Å². The highest BCUT2D eigenvalue weighted by Gasteiger charge is 2.32. The highest BCUT2D eigenvalue weighted by Crippen LogP contribution is 2.41. The molecule has 5 nitrogen and oxygen atoms in total. The molecule has 4 rings (SSSR count). The zero-order valence-electron chi connectivity index (χ0n) is 19.1. The van der Waals surface area contributed by atoms with Gasteiger partial charge in [-0.15, -0.1) is 0 Å². The predicted octanol–water partition coefficient (Wildman–Crippen LogP) is 6.13. The maximum atomic E-state index is 12.8. The maximum absolute atomic E-state index is 12.8. The Morgan fingerprint density at radius 2 is 1.76 bits per heavy atom. The van der Waals surface area contributed by atoms with Gasteiger partial charge in [0, 0.05) is 24.7 Å². The highest BCUT2D eigenvalue weighted by molar-refractivity contribution is 5.54. The Morgan fingerprint density at radius 3 is 2.36 bits per heavy atom. The van der Waals surface area contributed by atoms with Gasteiger partial charge in [-0.05, 0) is 59.9 Å². The first-order valence-electron chi connectivity index (χ1n) is 10.8. The third kappa shape index (κ3) is 4.71. The molecule has 0 saturated carbocycles. The molecule has 33 heavy (non-hydrogen) atoms. The van der Waals surface area contributed by atoms with Crippen LogP contribution in [0.25, 0.3) is 11.5 Å². The van der Waals surface area contributed by atoms with E-state index in [0.717, 1.165) is 36.5 Å². The van der Waals surface area contributed by atoms with Crippen molar-refractivity contribution in [2.24, 2.45) is 5.92 Å². The summed E-state index contributed by atoms with van der Waals surface area (Å²) in [5.74, 6) is 2.08. The van der Waals surface area contributed by atoms with Gasteiger partial charge in [0.25, 0.3) is 0 Å². The van der Waals surface area contributed by atoms with E-state index < -0.39 is 11.7 Å². The van der Waals surface area contributed by atoms with Crippen LogP contribution in [-0.4, -0.2) is 30.6 Å². The number of oxazole rings is 1. The lowest BCUT2D eigenvalue weighted by molar-refractivity contribution is -0.137. The Balaban J connectivity index is 1.57. The molecule has 0 saturated heterocycles. The lowest BCUT2D eigenvalue weighted by Crippen LogP contribution is -2.37. The Morgan fingerprint density at radius 1 is 1.09 bits per heavy atom. The fourth-order valence-corrected chi connectivity index (χ4v) is 4.51. The number of hydrogen-bond acceptors (Lipinski definition) is 5. The number of aromatic nitrogens is 1. The van der Waals surface area contributed by atoms with Crippen molar-refractivity contribution >= 4 is 0 Å². The first-order chi connectivity index (χ1) is 15.7. The van der Waals surface area contributed by atoms with Gasteiger partial charge in [0.1, 0.15) is 6.26 Å². The second-order valence-corrected chi connectivity index (χ2v) is 8.53. The number of ether oxygens (including phenoxy) is 2. The van der Waals surface area contributed by atoms with Crippen molar-refractivity contribution in [3.05, 3.63) is 65.0 Å². The van der Waals surface area contributed by atoms with Crippen molar-refractivity contribution in [1.82, 2.24) is 9.88 Å². The molecule has 1 aromatic heterocycles. The molecule has 1 aliphatic rings. The molecule has 1 atom stereocenters. The second-order valence-electron chi connectivity index (χ2n) is 8.53. The van der Waals surface area contributed by atoms with Gasteiger partial charge in [-0.25, -0.2) is 4.98 Å². The monoisotopic (exact) mass is 460 g/mol. The quantitative estimate of drug-likeness (QED) is 0.443. The smallest absolute Gasteiger partial charge is 0.416 e. The molecule has 3 aromatic rings. The molecule has 8 heteroatoms. The molecule has 0 aliphatic carbocycles. The van der Waals surface area contributed by atoms with Crippen molar-refractivity contribution in [1.29, 1.82) is 0 Å². The largest absolute Gasteiger partial charge is 0.493 e. The molecule has 2 aromatic carbocycles. The Kier molecular flexibility index (Phi) is 6.38. The van der Waals surface area contributed by atoms with E-state index in [1.807, 2.05) is 0 Å². The fourth-order valence-electron chi connectivity index (χ4n) is 4.51. The SMILES string of the molecule is COc1cc2c(cc1OC)C(C(C)C)N(Cc1coc(-c3ccc(C(F)(F)F)cc3)n1)CC2. The van der Waals surface area contributed by atoms with E-state index in [-0.39, 0.29) is 6.04 Å². The molecule has 2 heterocycles. The summed E-state index contributed by atoms with van der Waals surface area (Å²) >= 11 is 0. The lowest BCUT2D eigenvalue weighted by atomic mass is 9.85. The molecule has 1 unspecified atom stereocenters. The molecule has 0 fully saturated rings. The molecule has 0 bridgehead atoms. The van der Waals surface area contributed by atoms with Crippen molar-refractivity contribution in [3.8, 4) is 23.0 Å². The first kappa shape index (κ1) is 23.2. The average Bonchev–Trinajstić information content (AvgIpc) is 3.25. The van der Waals surface area contributed by atoms with E-state index in [4.69, 9.17) is 13.9 Å². The van der Waals surface area contributed by atoms with E-state index >= 15 is 0 Å². The van der Waals surface area contributed by atoms with Crippen molar-refractivity contribution in [3.63, 3.8) is 0 Å². The molecule has 0 spiro atoms. The van der Waals surface area contributed by atoms with E-state index in [1.54, 1.807) is 20.5 Å². The van der Waals surface area contributed by atoms with Crippen LogP contribution in [0.1, 0.15) is 42.3 Å². The normalized spacial score (nSPS) is 16.7. The standard InChI is InChI=1S/C25H27F3N2O3/c1-15(2)23-20-12-22(32-4)21(31-3)11-17(20)9-10-30(23)13-19-14-33-24(29-19)16-5-7-18(8-6-16)25(26,27)28/h5-8,11-12,14-15,23H,9-10,13H2,1-4H3. The van der Waals surface area contributed by atoms with E-state index in [1.165, 1.54) is 23.3 Å². The average molecular weight is 460 g/mol. The van der Waals surface area contributed by atoms with E-state index in [9.17, 15) is 13.2 Å². The fraction of sp³-hybridized carbons (Fsp3) is 0.400. The van der Waals surface area contributed by atoms with Crippen molar-refractivity contribution in [2.45, 2.75) is 39.0 Å². The van der Waals surface area contributed by atoms with Crippen LogP contribution in [0.4, 0.5) is 13.2 Å². The minimum Gasteiger partial charge on any atom is -0.493 e. The number of alkyl halides is 3. The van der Waals surface area contributed by atoms with Gasteiger partial charge in [0.2, 0.25) is 5.89 Å². The van der Waals surface area contributed by atoms with E-state index in [2.05, 4.69) is 35.9 Å². The summed E-state index contributed by atoms with van der Waals surface area (Å²) in [7, 11) is 3.27. The van der Waals surface area contributed by atoms with Gasteiger partial charge in [0.05, 0.1) is 25.5 Å². The highest BCUT2D eigenvalue weighted by atomic mass is 19.4. The number of halogens is 3. The number of rotatable bonds is 6. The third-order valence-corrected chi connectivity index (χ3v) is 6.03. The minimum atomic E-state index is -4.37. The molecule has 0 N–H and O–H groups in total. The summed E-state index contributed by atoms with van der Waals surface area (Å²) in [6.07, 6.45) is -1.93. The molecular formula is C25H27F3N2O3. The van der Waals surface area contributed by atoms with Crippen LogP contribution >= 0.6 is 0 Å². The van der Waals surface area contributed by atoms with Crippen molar-refractivity contribution in [2.75, 3.05) is 20.8 Å². The Labute approximate surface area is 191 Å². The van der Waals surface area contributed by atoms with Crippen LogP contribution in [0.5, 0.6) is 11.5 Å². The minimum absolute atomic E-state index is 0.153. The molecule has 0 amide bonds.